The fourth-order valence-electron chi connectivity index (χ4n) is 1.59. The van der Waals surface area contributed by atoms with Gasteiger partial charge in [0.25, 0.3) is 0 Å². The minimum Gasteiger partial charge on any atom is -0.264 e. The van der Waals surface area contributed by atoms with E-state index in [2.05, 4.69) is 21.9 Å². The summed E-state index contributed by atoms with van der Waals surface area (Å²) in [4.78, 5) is 11.7. The number of nitrogens with zero attached hydrogens (tertiary/aromatic N) is 3. The van der Waals surface area contributed by atoms with Gasteiger partial charge in [-0.05, 0) is 56.2 Å². The standard InChI is InChI=1S/C8H11N.C6H7N.C5H4FN.2C2H6/c1-3-8-6-4-5-7(2)9-8;1-6-3-2-4-7-5-6;6-5-2-1-3-7-4-5;2*1-2/h4-6H,3H2,1-2H3;2-5H,1H3;1-4H;2*1-2H3. The molecular formula is C23H34FN3. The normalized spacial score (nSPS) is 8.15. The maximum absolute atomic E-state index is 11.8. The van der Waals surface area contributed by atoms with Gasteiger partial charge in [-0.25, -0.2) is 4.39 Å². The molecule has 3 rings (SSSR count). The molecule has 0 amide bonds. The van der Waals surface area contributed by atoms with E-state index in [4.69, 9.17) is 0 Å². The van der Waals surface area contributed by atoms with Crippen LogP contribution in [0.2, 0.25) is 0 Å². The average molecular weight is 372 g/mol. The maximum atomic E-state index is 11.8. The molecule has 0 aromatic carbocycles. The second-order valence-corrected chi connectivity index (χ2v) is 4.83. The number of halogens is 1. The Labute approximate surface area is 164 Å². The molecule has 0 saturated heterocycles. The first kappa shape index (κ1) is 26.6. The van der Waals surface area contributed by atoms with Crippen molar-refractivity contribution < 1.29 is 4.39 Å². The molecule has 0 aliphatic carbocycles. The van der Waals surface area contributed by atoms with Gasteiger partial charge >= 0.3 is 0 Å². The van der Waals surface area contributed by atoms with Gasteiger partial charge in [0.1, 0.15) is 5.82 Å². The van der Waals surface area contributed by atoms with Crippen LogP contribution in [0.5, 0.6) is 0 Å². The lowest BCUT2D eigenvalue weighted by atomic mass is 10.3. The Balaban J connectivity index is 0. The van der Waals surface area contributed by atoms with Gasteiger partial charge < -0.3 is 0 Å². The van der Waals surface area contributed by atoms with Crippen molar-refractivity contribution in [2.75, 3.05) is 0 Å². The molecule has 148 valence electrons. The number of aromatic nitrogens is 3. The van der Waals surface area contributed by atoms with E-state index in [1.807, 2.05) is 78.1 Å². The van der Waals surface area contributed by atoms with E-state index in [9.17, 15) is 4.39 Å². The van der Waals surface area contributed by atoms with Crippen molar-refractivity contribution >= 4 is 0 Å². The maximum Gasteiger partial charge on any atom is 0.141 e. The van der Waals surface area contributed by atoms with Crippen LogP contribution in [0.4, 0.5) is 4.39 Å². The molecule has 0 aliphatic rings. The van der Waals surface area contributed by atoms with Crippen LogP contribution in [0.3, 0.4) is 0 Å². The third kappa shape index (κ3) is 16.6. The van der Waals surface area contributed by atoms with Crippen LogP contribution >= 0.6 is 0 Å². The second-order valence-electron chi connectivity index (χ2n) is 4.83. The average Bonchev–Trinajstić information content (AvgIpc) is 2.73. The fraction of sp³-hybridized carbons (Fsp3) is 0.348. The Morgan fingerprint density at radius 2 is 1.37 bits per heavy atom. The van der Waals surface area contributed by atoms with Crippen molar-refractivity contribution in [3.8, 4) is 0 Å². The zero-order valence-corrected chi connectivity index (χ0v) is 17.8. The summed E-state index contributed by atoms with van der Waals surface area (Å²) >= 11 is 0. The van der Waals surface area contributed by atoms with Crippen LogP contribution < -0.4 is 0 Å². The molecule has 0 saturated carbocycles. The summed E-state index contributed by atoms with van der Waals surface area (Å²) in [6.07, 6.45) is 7.33. The van der Waals surface area contributed by atoms with Crippen LogP contribution in [0, 0.1) is 19.7 Å². The number of pyridine rings is 3. The lowest BCUT2D eigenvalue weighted by molar-refractivity contribution is 0.621. The Kier molecular flexibility index (Phi) is 19.4. The summed E-state index contributed by atoms with van der Waals surface area (Å²) in [5.41, 5.74) is 3.49. The predicted molar refractivity (Wildman–Crippen MR) is 114 cm³/mol. The SMILES string of the molecule is CC.CC.CCc1cccc(C)n1.Cc1cccnc1.Fc1cccnc1. The molecule has 0 aliphatic heterocycles. The topological polar surface area (TPSA) is 38.7 Å². The van der Waals surface area contributed by atoms with Crippen molar-refractivity contribution in [1.29, 1.82) is 0 Å². The molecule has 0 bridgehead atoms. The smallest absolute Gasteiger partial charge is 0.141 e. The number of hydrogen-bond donors (Lipinski definition) is 0. The third-order valence-electron chi connectivity index (χ3n) is 2.74. The highest BCUT2D eigenvalue weighted by atomic mass is 19.1. The molecule has 27 heavy (non-hydrogen) atoms. The molecule has 0 fully saturated rings. The lowest BCUT2D eigenvalue weighted by Gasteiger charge is -1.94. The van der Waals surface area contributed by atoms with Crippen molar-refractivity contribution in [2.45, 2.75) is 54.9 Å². The van der Waals surface area contributed by atoms with Crippen molar-refractivity contribution in [1.82, 2.24) is 15.0 Å². The van der Waals surface area contributed by atoms with E-state index >= 15 is 0 Å². The number of rotatable bonds is 1. The summed E-state index contributed by atoms with van der Waals surface area (Å²) < 4.78 is 11.8. The molecule has 0 atom stereocenters. The Hall–Kier alpha value is -2.62. The third-order valence-corrected chi connectivity index (χ3v) is 2.74. The van der Waals surface area contributed by atoms with Crippen LogP contribution in [0.1, 0.15) is 51.6 Å². The van der Waals surface area contributed by atoms with E-state index in [1.165, 1.54) is 29.7 Å². The van der Waals surface area contributed by atoms with Crippen molar-refractivity contribution in [2.24, 2.45) is 0 Å². The molecule has 0 radical (unpaired) electrons. The van der Waals surface area contributed by atoms with Crippen LogP contribution in [-0.4, -0.2) is 15.0 Å². The molecule has 3 heterocycles. The van der Waals surface area contributed by atoms with Gasteiger partial charge in [-0.15, -0.1) is 0 Å². The van der Waals surface area contributed by atoms with Crippen molar-refractivity contribution in [3.05, 3.63) is 90.0 Å². The quantitative estimate of drug-likeness (QED) is 0.483. The van der Waals surface area contributed by atoms with E-state index in [0.717, 1.165) is 12.1 Å². The second kappa shape index (κ2) is 19.7. The van der Waals surface area contributed by atoms with Gasteiger partial charge in [-0.2, -0.15) is 0 Å². The Morgan fingerprint density at radius 3 is 1.63 bits per heavy atom. The van der Waals surface area contributed by atoms with E-state index < -0.39 is 0 Å². The van der Waals surface area contributed by atoms with Gasteiger partial charge in [0.15, 0.2) is 0 Å². The Morgan fingerprint density at radius 1 is 0.778 bits per heavy atom. The highest BCUT2D eigenvalue weighted by Crippen LogP contribution is 1.97. The lowest BCUT2D eigenvalue weighted by Crippen LogP contribution is -1.87. The minimum absolute atomic E-state index is 0.289. The summed E-state index contributed by atoms with van der Waals surface area (Å²) in [7, 11) is 0. The molecule has 0 unspecified atom stereocenters. The minimum atomic E-state index is -0.289. The summed E-state index contributed by atoms with van der Waals surface area (Å²) in [5.74, 6) is -0.289. The van der Waals surface area contributed by atoms with Crippen LogP contribution in [0.15, 0.2) is 67.3 Å². The molecule has 4 heteroatoms. The zero-order chi connectivity index (χ0) is 20.9. The Bertz CT molecular complexity index is 621. The van der Waals surface area contributed by atoms with Gasteiger partial charge in [0.05, 0.1) is 6.20 Å². The van der Waals surface area contributed by atoms with Crippen molar-refractivity contribution in [3.63, 3.8) is 0 Å². The first-order valence-corrected chi connectivity index (χ1v) is 9.46. The molecular weight excluding hydrogens is 337 g/mol. The van der Waals surface area contributed by atoms with Crippen LogP contribution in [0.25, 0.3) is 0 Å². The van der Waals surface area contributed by atoms with Gasteiger partial charge in [-0.1, -0.05) is 46.8 Å². The highest BCUT2D eigenvalue weighted by molar-refractivity contribution is 5.09. The molecule has 3 nitrogen and oxygen atoms in total. The molecule has 3 aromatic rings. The van der Waals surface area contributed by atoms with E-state index in [1.54, 1.807) is 12.3 Å². The largest absolute Gasteiger partial charge is 0.264 e. The number of hydrogen-bond acceptors (Lipinski definition) is 3. The number of aryl methyl sites for hydroxylation is 3. The predicted octanol–water partition coefficient (Wildman–Crippen LogP) is 6.62. The molecule has 0 spiro atoms. The summed E-state index contributed by atoms with van der Waals surface area (Å²) in [5, 5.41) is 0. The van der Waals surface area contributed by atoms with Gasteiger partial charge in [0.2, 0.25) is 0 Å². The highest BCUT2D eigenvalue weighted by Gasteiger charge is 1.87. The summed E-state index contributed by atoms with van der Waals surface area (Å²) in [6.45, 7) is 14.1. The monoisotopic (exact) mass is 371 g/mol. The van der Waals surface area contributed by atoms with E-state index in [-0.39, 0.29) is 5.82 Å². The summed E-state index contributed by atoms with van der Waals surface area (Å²) in [6, 6.07) is 13.0. The van der Waals surface area contributed by atoms with E-state index in [0.29, 0.717) is 0 Å². The fourth-order valence-corrected chi connectivity index (χ4v) is 1.59. The first-order valence-electron chi connectivity index (χ1n) is 9.46. The van der Waals surface area contributed by atoms with Gasteiger partial charge in [-0.3, -0.25) is 15.0 Å². The zero-order valence-electron chi connectivity index (χ0n) is 17.8. The molecule has 0 N–H and O–H groups in total. The molecule has 3 aromatic heterocycles. The van der Waals surface area contributed by atoms with Gasteiger partial charge in [0, 0.05) is 30.0 Å². The first-order chi connectivity index (χ1) is 13.1. The van der Waals surface area contributed by atoms with Crippen LogP contribution in [-0.2, 0) is 6.42 Å².